The van der Waals surface area contributed by atoms with Crippen molar-refractivity contribution in [1.29, 1.82) is 0 Å². The first-order chi connectivity index (χ1) is 9.26. The van der Waals surface area contributed by atoms with Crippen LogP contribution in [-0.4, -0.2) is 26.8 Å². The topological polar surface area (TPSA) is 30.5 Å². The van der Waals surface area contributed by atoms with Crippen LogP contribution in [-0.2, 0) is 4.74 Å². The van der Waals surface area contributed by atoms with Crippen molar-refractivity contribution < 1.29 is 9.47 Å². The van der Waals surface area contributed by atoms with Gasteiger partial charge < -0.3 is 14.8 Å². The van der Waals surface area contributed by atoms with Gasteiger partial charge >= 0.3 is 0 Å². The number of hydrogen-bond acceptors (Lipinski definition) is 3. The van der Waals surface area contributed by atoms with Crippen molar-refractivity contribution in [3.8, 4) is 5.75 Å². The van der Waals surface area contributed by atoms with E-state index in [-0.39, 0.29) is 6.10 Å². The van der Waals surface area contributed by atoms with Crippen molar-refractivity contribution in [2.45, 2.75) is 25.9 Å². The SMILES string of the molecule is CCCNCC1CCOC1c1cc(OC)ccc1Br. The Labute approximate surface area is 123 Å². The van der Waals surface area contributed by atoms with Crippen LogP contribution in [0.25, 0.3) is 0 Å². The van der Waals surface area contributed by atoms with Crippen LogP contribution in [0.3, 0.4) is 0 Å². The van der Waals surface area contributed by atoms with E-state index >= 15 is 0 Å². The summed E-state index contributed by atoms with van der Waals surface area (Å²) in [6, 6.07) is 6.08. The number of methoxy groups -OCH3 is 1. The third-order valence-electron chi connectivity index (χ3n) is 3.56. The fourth-order valence-corrected chi connectivity index (χ4v) is 2.99. The van der Waals surface area contributed by atoms with E-state index in [2.05, 4.69) is 34.2 Å². The molecule has 1 aromatic carbocycles. The molecular formula is C15H22BrNO2. The molecule has 1 heterocycles. The maximum Gasteiger partial charge on any atom is 0.119 e. The van der Waals surface area contributed by atoms with E-state index in [1.807, 2.05) is 12.1 Å². The zero-order valence-corrected chi connectivity index (χ0v) is 13.2. The molecule has 19 heavy (non-hydrogen) atoms. The predicted octanol–water partition coefficient (Wildman–Crippen LogP) is 3.53. The number of halogens is 1. The molecule has 3 nitrogen and oxygen atoms in total. The Bertz CT molecular complexity index is 411. The first kappa shape index (κ1) is 14.8. The molecule has 0 radical (unpaired) electrons. The van der Waals surface area contributed by atoms with Gasteiger partial charge in [-0.15, -0.1) is 0 Å². The second-order valence-corrected chi connectivity index (χ2v) is 5.79. The van der Waals surface area contributed by atoms with Gasteiger partial charge in [0.15, 0.2) is 0 Å². The maximum atomic E-state index is 5.94. The second kappa shape index (κ2) is 7.27. The lowest BCUT2D eigenvalue weighted by atomic mass is 9.95. The van der Waals surface area contributed by atoms with E-state index in [9.17, 15) is 0 Å². The fourth-order valence-electron chi connectivity index (χ4n) is 2.52. The summed E-state index contributed by atoms with van der Waals surface area (Å²) < 4.78 is 12.3. The van der Waals surface area contributed by atoms with Crippen LogP contribution in [0.1, 0.15) is 31.4 Å². The van der Waals surface area contributed by atoms with Crippen LogP contribution >= 0.6 is 15.9 Å². The van der Waals surface area contributed by atoms with Gasteiger partial charge in [-0.3, -0.25) is 0 Å². The molecule has 0 aromatic heterocycles. The number of benzene rings is 1. The van der Waals surface area contributed by atoms with E-state index in [1.54, 1.807) is 7.11 Å². The van der Waals surface area contributed by atoms with Crippen molar-refractivity contribution in [3.63, 3.8) is 0 Å². The first-order valence-electron chi connectivity index (χ1n) is 6.92. The normalized spacial score (nSPS) is 22.7. The highest BCUT2D eigenvalue weighted by molar-refractivity contribution is 9.10. The highest BCUT2D eigenvalue weighted by Gasteiger charge is 2.30. The van der Waals surface area contributed by atoms with Crippen molar-refractivity contribution in [3.05, 3.63) is 28.2 Å². The minimum atomic E-state index is 0.161. The highest BCUT2D eigenvalue weighted by Crippen LogP contribution is 2.39. The molecule has 0 saturated carbocycles. The van der Waals surface area contributed by atoms with Crippen LogP contribution in [0.5, 0.6) is 5.75 Å². The van der Waals surface area contributed by atoms with Gasteiger partial charge in [0.05, 0.1) is 13.2 Å². The summed E-state index contributed by atoms with van der Waals surface area (Å²) in [7, 11) is 1.70. The summed E-state index contributed by atoms with van der Waals surface area (Å²) in [5.41, 5.74) is 1.19. The van der Waals surface area contributed by atoms with E-state index < -0.39 is 0 Å². The molecule has 0 bridgehead atoms. The molecule has 4 heteroatoms. The number of rotatable bonds is 6. The molecule has 1 fully saturated rings. The zero-order valence-electron chi connectivity index (χ0n) is 11.6. The van der Waals surface area contributed by atoms with Crippen molar-refractivity contribution in [2.24, 2.45) is 5.92 Å². The molecular weight excluding hydrogens is 306 g/mol. The van der Waals surface area contributed by atoms with Gasteiger partial charge in [-0.25, -0.2) is 0 Å². The summed E-state index contributed by atoms with van der Waals surface area (Å²) >= 11 is 3.62. The number of nitrogens with one attached hydrogen (secondary N) is 1. The van der Waals surface area contributed by atoms with Gasteiger partial charge in [-0.2, -0.15) is 0 Å². The summed E-state index contributed by atoms with van der Waals surface area (Å²) in [5, 5.41) is 3.50. The van der Waals surface area contributed by atoms with Crippen molar-refractivity contribution in [1.82, 2.24) is 5.32 Å². The van der Waals surface area contributed by atoms with Crippen molar-refractivity contribution in [2.75, 3.05) is 26.8 Å². The Kier molecular flexibility index (Phi) is 5.67. The molecule has 0 spiro atoms. The van der Waals surface area contributed by atoms with Crippen LogP contribution in [0.15, 0.2) is 22.7 Å². The lowest BCUT2D eigenvalue weighted by molar-refractivity contribution is 0.0898. The molecule has 106 valence electrons. The van der Waals surface area contributed by atoms with Gasteiger partial charge in [0.1, 0.15) is 5.75 Å². The monoisotopic (exact) mass is 327 g/mol. The standard InChI is InChI=1S/C15H22BrNO2/c1-3-7-17-10-11-6-8-19-15(11)13-9-12(18-2)4-5-14(13)16/h4-5,9,11,15,17H,3,6-8,10H2,1-2H3. The van der Waals surface area contributed by atoms with Crippen LogP contribution in [0.2, 0.25) is 0 Å². The minimum absolute atomic E-state index is 0.161. The van der Waals surface area contributed by atoms with E-state index in [4.69, 9.17) is 9.47 Å². The molecule has 1 N–H and O–H groups in total. The van der Waals surface area contributed by atoms with E-state index in [0.717, 1.165) is 36.3 Å². The van der Waals surface area contributed by atoms with Gasteiger partial charge in [0.2, 0.25) is 0 Å². The molecule has 1 aliphatic rings. The Morgan fingerprint density at radius 2 is 2.32 bits per heavy atom. The Morgan fingerprint density at radius 3 is 3.05 bits per heavy atom. The summed E-state index contributed by atoms with van der Waals surface area (Å²) in [5.74, 6) is 1.42. The minimum Gasteiger partial charge on any atom is -0.497 e. The molecule has 1 aliphatic heterocycles. The van der Waals surface area contributed by atoms with Crippen LogP contribution < -0.4 is 10.1 Å². The Morgan fingerprint density at radius 1 is 1.47 bits per heavy atom. The zero-order chi connectivity index (χ0) is 13.7. The van der Waals surface area contributed by atoms with Crippen LogP contribution in [0, 0.1) is 5.92 Å². The van der Waals surface area contributed by atoms with Gasteiger partial charge in [0, 0.05) is 23.5 Å². The average Bonchev–Trinajstić information content (AvgIpc) is 2.88. The second-order valence-electron chi connectivity index (χ2n) is 4.93. The highest BCUT2D eigenvalue weighted by atomic mass is 79.9. The third kappa shape index (κ3) is 3.71. The van der Waals surface area contributed by atoms with Crippen molar-refractivity contribution >= 4 is 15.9 Å². The van der Waals surface area contributed by atoms with Gasteiger partial charge in [0.25, 0.3) is 0 Å². The maximum absolute atomic E-state index is 5.94. The third-order valence-corrected chi connectivity index (χ3v) is 4.28. The fraction of sp³-hybridized carbons (Fsp3) is 0.600. The summed E-state index contributed by atoms with van der Waals surface area (Å²) in [4.78, 5) is 0. The largest absolute Gasteiger partial charge is 0.497 e. The molecule has 2 unspecified atom stereocenters. The molecule has 2 rings (SSSR count). The van der Waals surface area contributed by atoms with Gasteiger partial charge in [-0.1, -0.05) is 22.9 Å². The van der Waals surface area contributed by atoms with E-state index in [1.165, 1.54) is 12.0 Å². The number of ether oxygens (including phenoxy) is 2. The average molecular weight is 328 g/mol. The lowest BCUT2D eigenvalue weighted by Crippen LogP contribution is -2.25. The molecule has 0 amide bonds. The predicted molar refractivity (Wildman–Crippen MR) is 80.7 cm³/mol. The Balaban J connectivity index is 2.10. The summed E-state index contributed by atoms with van der Waals surface area (Å²) in [6.45, 7) is 5.12. The lowest BCUT2D eigenvalue weighted by Gasteiger charge is -2.21. The summed E-state index contributed by atoms with van der Waals surface area (Å²) in [6.07, 6.45) is 2.44. The quantitative estimate of drug-likeness (QED) is 0.811. The van der Waals surface area contributed by atoms with E-state index in [0.29, 0.717) is 5.92 Å². The van der Waals surface area contributed by atoms with Gasteiger partial charge in [-0.05, 0) is 43.1 Å². The molecule has 2 atom stereocenters. The van der Waals surface area contributed by atoms with Crippen LogP contribution in [0.4, 0.5) is 0 Å². The molecule has 1 saturated heterocycles. The smallest absolute Gasteiger partial charge is 0.119 e. The molecule has 1 aromatic rings. The number of hydrogen-bond donors (Lipinski definition) is 1. The first-order valence-corrected chi connectivity index (χ1v) is 7.71. The Hall–Kier alpha value is -0.580. The molecule has 0 aliphatic carbocycles.